The molecule has 96 valence electrons. The smallest absolute Gasteiger partial charge is 0.356 e. The molecule has 0 radical (unpaired) electrons. The van der Waals surface area contributed by atoms with Crippen molar-refractivity contribution in [2.24, 2.45) is 0 Å². The van der Waals surface area contributed by atoms with Crippen molar-refractivity contribution in [3.63, 3.8) is 0 Å². The van der Waals surface area contributed by atoms with Crippen LogP contribution >= 0.6 is 0 Å². The number of fused-ring (bicyclic) bond motifs is 1. The summed E-state index contributed by atoms with van der Waals surface area (Å²) in [6, 6.07) is 2.14. The Morgan fingerprint density at radius 1 is 0.842 bits per heavy atom. The number of carboxylic acids is 3. The second-order valence-electron chi connectivity index (χ2n) is 3.53. The molecule has 0 saturated heterocycles. The minimum atomic E-state index is -1.38. The Kier molecular flexibility index (Phi) is 2.83. The lowest BCUT2D eigenvalue weighted by Crippen LogP contribution is -2.08. The summed E-state index contributed by atoms with van der Waals surface area (Å²) >= 11 is 0. The van der Waals surface area contributed by atoms with Gasteiger partial charge in [0.1, 0.15) is 11.0 Å². The molecular formula is C11H6N2O6. The maximum absolute atomic E-state index is 11.0. The Bertz CT molecular complexity index is 724. The highest BCUT2D eigenvalue weighted by Gasteiger charge is 2.19. The molecule has 0 atom stereocenters. The molecule has 0 spiro atoms. The van der Waals surface area contributed by atoms with Crippen LogP contribution in [0.3, 0.4) is 0 Å². The van der Waals surface area contributed by atoms with E-state index < -0.39 is 23.6 Å². The lowest BCUT2D eigenvalue weighted by molar-refractivity contribution is 0.0679. The van der Waals surface area contributed by atoms with E-state index in [4.69, 9.17) is 15.3 Å². The molecule has 8 heteroatoms. The molecule has 3 N–H and O–H groups in total. The van der Waals surface area contributed by atoms with E-state index in [-0.39, 0.29) is 22.2 Å². The molecule has 0 bridgehead atoms. The average molecular weight is 262 g/mol. The third-order valence-corrected chi connectivity index (χ3v) is 2.38. The van der Waals surface area contributed by atoms with Gasteiger partial charge in [0, 0.05) is 0 Å². The second kappa shape index (κ2) is 4.33. The molecule has 0 fully saturated rings. The molecule has 1 aromatic heterocycles. The SMILES string of the molecule is O=C(O)c1cnc2c(C(=O)O)ccc(C(=O)O)c2n1. The summed E-state index contributed by atoms with van der Waals surface area (Å²) in [4.78, 5) is 40.1. The van der Waals surface area contributed by atoms with Gasteiger partial charge >= 0.3 is 17.9 Å². The third kappa shape index (κ3) is 2.06. The van der Waals surface area contributed by atoms with Crippen LogP contribution in [0.1, 0.15) is 31.2 Å². The fraction of sp³-hybridized carbons (Fsp3) is 0. The van der Waals surface area contributed by atoms with Gasteiger partial charge in [0.05, 0.1) is 17.3 Å². The number of nitrogens with zero attached hydrogens (tertiary/aromatic N) is 2. The summed E-state index contributed by atoms with van der Waals surface area (Å²) < 4.78 is 0. The van der Waals surface area contributed by atoms with Crippen molar-refractivity contribution in [1.82, 2.24) is 9.97 Å². The number of carboxylic acid groups (broad SMARTS) is 3. The van der Waals surface area contributed by atoms with Crippen LogP contribution in [0.5, 0.6) is 0 Å². The summed E-state index contributed by atoms with van der Waals surface area (Å²) in [5, 5.41) is 26.7. The fourth-order valence-electron chi connectivity index (χ4n) is 1.55. The minimum absolute atomic E-state index is 0.169. The van der Waals surface area contributed by atoms with Crippen molar-refractivity contribution in [3.8, 4) is 0 Å². The quantitative estimate of drug-likeness (QED) is 0.735. The van der Waals surface area contributed by atoms with Crippen molar-refractivity contribution in [3.05, 3.63) is 35.2 Å². The number of rotatable bonds is 3. The molecule has 2 rings (SSSR count). The first kappa shape index (κ1) is 12.4. The molecule has 0 aliphatic carbocycles. The van der Waals surface area contributed by atoms with Crippen molar-refractivity contribution >= 4 is 28.9 Å². The van der Waals surface area contributed by atoms with Crippen LogP contribution in [0.4, 0.5) is 0 Å². The molecule has 0 unspecified atom stereocenters. The third-order valence-electron chi connectivity index (χ3n) is 2.38. The van der Waals surface area contributed by atoms with Gasteiger partial charge in [-0.1, -0.05) is 0 Å². The van der Waals surface area contributed by atoms with E-state index >= 15 is 0 Å². The predicted molar refractivity (Wildman–Crippen MR) is 60.4 cm³/mol. The largest absolute Gasteiger partial charge is 0.478 e. The van der Waals surface area contributed by atoms with E-state index in [0.717, 1.165) is 18.3 Å². The standard InChI is InChI=1S/C11H6N2O6/c14-9(15)4-1-2-5(10(16)17)8-7(4)12-3-6(13-8)11(18)19/h1-3H,(H,14,15)(H,16,17)(H,18,19). The maximum Gasteiger partial charge on any atom is 0.356 e. The Labute approximate surface area is 105 Å². The lowest BCUT2D eigenvalue weighted by atomic mass is 10.1. The maximum atomic E-state index is 11.0. The molecule has 0 aliphatic heterocycles. The fourth-order valence-corrected chi connectivity index (χ4v) is 1.55. The molecule has 0 saturated carbocycles. The van der Waals surface area contributed by atoms with E-state index in [0.29, 0.717) is 0 Å². The van der Waals surface area contributed by atoms with E-state index in [2.05, 4.69) is 9.97 Å². The monoisotopic (exact) mass is 262 g/mol. The summed E-state index contributed by atoms with van der Waals surface area (Å²) in [5.41, 5.74) is -1.46. The molecular weight excluding hydrogens is 256 g/mol. The highest BCUT2D eigenvalue weighted by molar-refractivity contribution is 6.08. The molecule has 19 heavy (non-hydrogen) atoms. The van der Waals surface area contributed by atoms with Gasteiger partial charge in [0.15, 0.2) is 5.69 Å². The van der Waals surface area contributed by atoms with Gasteiger partial charge in [0.25, 0.3) is 0 Å². The summed E-state index contributed by atoms with van der Waals surface area (Å²) in [5.74, 6) is -4.04. The first-order valence-corrected chi connectivity index (χ1v) is 4.91. The van der Waals surface area contributed by atoms with Gasteiger partial charge in [-0.15, -0.1) is 0 Å². The first-order chi connectivity index (χ1) is 8.91. The van der Waals surface area contributed by atoms with Crippen LogP contribution in [0.15, 0.2) is 18.3 Å². The number of carbonyl (C=O) groups is 3. The van der Waals surface area contributed by atoms with Gasteiger partial charge in [-0.3, -0.25) is 4.98 Å². The summed E-state index contributed by atoms with van der Waals surface area (Å²) in [7, 11) is 0. The number of benzene rings is 1. The van der Waals surface area contributed by atoms with Crippen LogP contribution < -0.4 is 0 Å². The minimum Gasteiger partial charge on any atom is -0.478 e. The zero-order chi connectivity index (χ0) is 14.2. The molecule has 1 heterocycles. The van der Waals surface area contributed by atoms with E-state index in [9.17, 15) is 14.4 Å². The van der Waals surface area contributed by atoms with Gasteiger partial charge in [-0.25, -0.2) is 19.4 Å². The average Bonchev–Trinajstić information content (AvgIpc) is 2.36. The van der Waals surface area contributed by atoms with E-state index in [1.54, 1.807) is 0 Å². The molecule has 0 aliphatic rings. The Hall–Kier alpha value is -3.03. The molecule has 2 aromatic rings. The van der Waals surface area contributed by atoms with Gasteiger partial charge in [0.2, 0.25) is 0 Å². The van der Waals surface area contributed by atoms with Crippen molar-refractivity contribution in [2.75, 3.05) is 0 Å². The lowest BCUT2D eigenvalue weighted by Gasteiger charge is -2.05. The van der Waals surface area contributed by atoms with Crippen LogP contribution in [0.25, 0.3) is 11.0 Å². The number of aromatic carboxylic acids is 3. The molecule has 8 nitrogen and oxygen atoms in total. The Morgan fingerprint density at radius 2 is 1.37 bits per heavy atom. The Morgan fingerprint density at radius 3 is 1.84 bits per heavy atom. The summed E-state index contributed by atoms with van der Waals surface area (Å²) in [6.45, 7) is 0. The first-order valence-electron chi connectivity index (χ1n) is 4.91. The number of aromatic nitrogens is 2. The highest BCUT2D eigenvalue weighted by Crippen LogP contribution is 2.20. The Balaban J connectivity index is 2.88. The van der Waals surface area contributed by atoms with Crippen LogP contribution in [0.2, 0.25) is 0 Å². The molecule has 1 aromatic carbocycles. The van der Waals surface area contributed by atoms with Gasteiger partial charge < -0.3 is 15.3 Å². The topological polar surface area (TPSA) is 138 Å². The van der Waals surface area contributed by atoms with Crippen LogP contribution in [-0.2, 0) is 0 Å². The second-order valence-corrected chi connectivity index (χ2v) is 3.53. The molecule has 0 amide bonds. The van der Waals surface area contributed by atoms with Crippen LogP contribution in [-0.4, -0.2) is 43.2 Å². The van der Waals surface area contributed by atoms with Crippen molar-refractivity contribution < 1.29 is 29.7 Å². The van der Waals surface area contributed by atoms with Gasteiger partial charge in [-0.05, 0) is 12.1 Å². The van der Waals surface area contributed by atoms with E-state index in [1.807, 2.05) is 0 Å². The number of hydrogen-bond donors (Lipinski definition) is 3. The van der Waals surface area contributed by atoms with Crippen LogP contribution in [0, 0.1) is 0 Å². The van der Waals surface area contributed by atoms with Crippen molar-refractivity contribution in [2.45, 2.75) is 0 Å². The predicted octanol–water partition coefficient (Wildman–Crippen LogP) is 0.724. The normalized spacial score (nSPS) is 10.3. The van der Waals surface area contributed by atoms with Crippen molar-refractivity contribution in [1.29, 1.82) is 0 Å². The van der Waals surface area contributed by atoms with E-state index in [1.165, 1.54) is 0 Å². The van der Waals surface area contributed by atoms with Gasteiger partial charge in [-0.2, -0.15) is 0 Å². The number of hydrogen-bond acceptors (Lipinski definition) is 5. The highest BCUT2D eigenvalue weighted by atomic mass is 16.4. The summed E-state index contributed by atoms with van der Waals surface area (Å²) in [6.07, 6.45) is 0.878. The zero-order valence-electron chi connectivity index (χ0n) is 9.19. The zero-order valence-corrected chi connectivity index (χ0v) is 9.19.